The highest BCUT2D eigenvalue weighted by atomic mass is 35.5. The Labute approximate surface area is 132 Å². The average Bonchev–Trinajstić information content (AvgIpc) is 2.89. The van der Waals surface area contributed by atoms with Crippen LogP contribution in [0.3, 0.4) is 0 Å². The lowest BCUT2D eigenvalue weighted by Crippen LogP contribution is -2.30. The first-order chi connectivity index (χ1) is 10.4. The molecular weight excluding hydrogens is 306 g/mol. The number of amides is 1. The van der Waals surface area contributed by atoms with Gasteiger partial charge in [-0.1, -0.05) is 25.4 Å². The molecule has 0 aromatic carbocycles. The van der Waals surface area contributed by atoms with Crippen LogP contribution in [0.4, 0.5) is 5.82 Å². The molecule has 0 radical (unpaired) electrons. The molecule has 0 spiro atoms. The second-order valence-electron chi connectivity index (χ2n) is 5.35. The van der Waals surface area contributed by atoms with E-state index in [4.69, 9.17) is 11.6 Å². The molecule has 0 saturated carbocycles. The van der Waals surface area contributed by atoms with Gasteiger partial charge in [0.05, 0.1) is 12.2 Å². The number of carbonyl (C=O) groups excluding carboxylic acids is 1. The van der Waals surface area contributed by atoms with E-state index in [0.29, 0.717) is 11.7 Å². The summed E-state index contributed by atoms with van der Waals surface area (Å²) in [5.41, 5.74) is -0.386. The van der Waals surface area contributed by atoms with Gasteiger partial charge in [0.2, 0.25) is 5.91 Å². The van der Waals surface area contributed by atoms with Crippen molar-refractivity contribution in [2.45, 2.75) is 33.4 Å². The van der Waals surface area contributed by atoms with E-state index in [-0.39, 0.29) is 29.2 Å². The Morgan fingerprint density at radius 3 is 2.73 bits per heavy atom. The molecule has 2 rings (SSSR count). The molecule has 2 aromatic rings. The number of halogens is 1. The number of anilines is 1. The summed E-state index contributed by atoms with van der Waals surface area (Å²) in [7, 11) is 0. The number of nitrogens with one attached hydrogen (secondary N) is 1. The summed E-state index contributed by atoms with van der Waals surface area (Å²) in [6.45, 7) is 5.97. The van der Waals surface area contributed by atoms with Gasteiger partial charge in [-0.2, -0.15) is 10.2 Å². The second kappa shape index (κ2) is 6.74. The van der Waals surface area contributed by atoms with Crippen molar-refractivity contribution in [2.24, 2.45) is 5.92 Å². The standard InChI is InChI=1S/C14H18ClN5O2/c1-9(2)10(3)20-12(6-7-16-20)17-13(21)8-19-14(22)5-4-11(15)18-19/h4-7,9-10H,8H2,1-3H3,(H,17,21). The molecule has 1 atom stereocenters. The van der Waals surface area contributed by atoms with Crippen LogP contribution in [0.5, 0.6) is 0 Å². The van der Waals surface area contributed by atoms with Crippen molar-refractivity contribution in [3.8, 4) is 0 Å². The number of carbonyl (C=O) groups is 1. The van der Waals surface area contributed by atoms with Crippen molar-refractivity contribution in [2.75, 3.05) is 5.32 Å². The van der Waals surface area contributed by atoms with Gasteiger partial charge >= 0.3 is 0 Å². The van der Waals surface area contributed by atoms with E-state index < -0.39 is 0 Å². The second-order valence-corrected chi connectivity index (χ2v) is 5.73. The Hall–Kier alpha value is -2.15. The number of hydrogen-bond acceptors (Lipinski definition) is 4. The van der Waals surface area contributed by atoms with Crippen LogP contribution in [-0.4, -0.2) is 25.5 Å². The predicted molar refractivity (Wildman–Crippen MR) is 83.9 cm³/mol. The molecule has 1 amide bonds. The van der Waals surface area contributed by atoms with Crippen LogP contribution in [0, 0.1) is 5.92 Å². The third-order valence-corrected chi connectivity index (χ3v) is 3.62. The monoisotopic (exact) mass is 323 g/mol. The van der Waals surface area contributed by atoms with E-state index in [1.807, 2.05) is 6.92 Å². The highest BCUT2D eigenvalue weighted by Gasteiger charge is 2.15. The van der Waals surface area contributed by atoms with E-state index in [0.717, 1.165) is 4.68 Å². The van der Waals surface area contributed by atoms with Crippen molar-refractivity contribution in [1.29, 1.82) is 0 Å². The third kappa shape index (κ3) is 3.73. The van der Waals surface area contributed by atoms with E-state index in [1.54, 1.807) is 16.9 Å². The summed E-state index contributed by atoms with van der Waals surface area (Å²) in [6.07, 6.45) is 1.62. The van der Waals surface area contributed by atoms with Gasteiger partial charge in [0.15, 0.2) is 0 Å². The van der Waals surface area contributed by atoms with Crippen molar-refractivity contribution in [3.63, 3.8) is 0 Å². The molecule has 1 unspecified atom stereocenters. The minimum Gasteiger partial charge on any atom is -0.309 e. The predicted octanol–water partition coefficient (Wildman–Crippen LogP) is 1.95. The fourth-order valence-corrected chi connectivity index (χ4v) is 2.03. The molecule has 22 heavy (non-hydrogen) atoms. The molecule has 0 aliphatic carbocycles. The number of rotatable bonds is 5. The van der Waals surface area contributed by atoms with Crippen LogP contribution < -0.4 is 10.9 Å². The Morgan fingerprint density at radius 2 is 2.05 bits per heavy atom. The van der Waals surface area contributed by atoms with E-state index >= 15 is 0 Å². The normalized spacial score (nSPS) is 12.4. The molecule has 0 fully saturated rings. The highest BCUT2D eigenvalue weighted by Crippen LogP contribution is 2.20. The highest BCUT2D eigenvalue weighted by molar-refractivity contribution is 6.29. The fraction of sp³-hybridized carbons (Fsp3) is 0.429. The topological polar surface area (TPSA) is 81.8 Å². The Balaban J connectivity index is 2.12. The van der Waals surface area contributed by atoms with Crippen LogP contribution >= 0.6 is 11.6 Å². The minimum absolute atomic E-state index is 0.136. The lowest BCUT2D eigenvalue weighted by Gasteiger charge is -2.19. The molecule has 0 saturated heterocycles. The van der Waals surface area contributed by atoms with Crippen molar-refractivity contribution < 1.29 is 4.79 Å². The van der Waals surface area contributed by atoms with Gasteiger partial charge in [-0.25, -0.2) is 9.36 Å². The molecule has 2 aromatic heterocycles. The first-order valence-corrected chi connectivity index (χ1v) is 7.33. The zero-order valence-electron chi connectivity index (χ0n) is 12.7. The summed E-state index contributed by atoms with van der Waals surface area (Å²) < 4.78 is 2.76. The van der Waals surface area contributed by atoms with Crippen LogP contribution in [0.2, 0.25) is 5.15 Å². The van der Waals surface area contributed by atoms with Gasteiger partial charge in [0, 0.05) is 12.1 Å². The largest absolute Gasteiger partial charge is 0.309 e. The quantitative estimate of drug-likeness (QED) is 0.911. The van der Waals surface area contributed by atoms with Crippen molar-refractivity contribution in [1.82, 2.24) is 19.6 Å². The first-order valence-electron chi connectivity index (χ1n) is 6.95. The van der Waals surface area contributed by atoms with Crippen LogP contribution in [0.15, 0.2) is 29.2 Å². The molecule has 0 aliphatic heterocycles. The number of aromatic nitrogens is 4. The zero-order chi connectivity index (χ0) is 16.3. The van der Waals surface area contributed by atoms with Crippen LogP contribution in [0.1, 0.15) is 26.8 Å². The molecule has 1 N–H and O–H groups in total. The maximum atomic E-state index is 12.1. The van der Waals surface area contributed by atoms with E-state index in [1.165, 1.54) is 12.1 Å². The summed E-state index contributed by atoms with van der Waals surface area (Å²) >= 11 is 5.73. The number of nitrogens with zero attached hydrogens (tertiary/aromatic N) is 4. The zero-order valence-corrected chi connectivity index (χ0v) is 13.4. The lowest BCUT2D eigenvalue weighted by molar-refractivity contribution is -0.117. The van der Waals surface area contributed by atoms with Gasteiger partial charge < -0.3 is 5.32 Å². The third-order valence-electron chi connectivity index (χ3n) is 3.42. The molecule has 8 heteroatoms. The Bertz CT molecular complexity index is 722. The van der Waals surface area contributed by atoms with Crippen LogP contribution in [0.25, 0.3) is 0 Å². The molecule has 0 bridgehead atoms. The van der Waals surface area contributed by atoms with Crippen LogP contribution in [-0.2, 0) is 11.3 Å². The lowest BCUT2D eigenvalue weighted by atomic mass is 10.1. The Morgan fingerprint density at radius 1 is 1.32 bits per heavy atom. The van der Waals surface area contributed by atoms with Gasteiger partial charge in [-0.15, -0.1) is 0 Å². The van der Waals surface area contributed by atoms with Crippen molar-refractivity contribution >= 4 is 23.3 Å². The van der Waals surface area contributed by atoms with Gasteiger partial charge in [0.1, 0.15) is 17.5 Å². The summed E-state index contributed by atoms with van der Waals surface area (Å²) in [5.74, 6) is 0.587. The molecule has 7 nitrogen and oxygen atoms in total. The smallest absolute Gasteiger partial charge is 0.267 e. The van der Waals surface area contributed by atoms with Gasteiger partial charge in [0.25, 0.3) is 5.56 Å². The molecule has 0 aliphatic rings. The molecule has 118 valence electrons. The van der Waals surface area contributed by atoms with E-state index in [9.17, 15) is 9.59 Å². The maximum absolute atomic E-state index is 12.1. The SMILES string of the molecule is CC(C)C(C)n1nccc1NC(=O)Cn1nc(Cl)ccc1=O. The van der Waals surface area contributed by atoms with Gasteiger partial charge in [-0.3, -0.25) is 9.59 Å². The average molecular weight is 324 g/mol. The van der Waals surface area contributed by atoms with Gasteiger partial charge in [-0.05, 0) is 18.9 Å². The number of hydrogen-bond donors (Lipinski definition) is 1. The fourth-order valence-electron chi connectivity index (χ4n) is 1.88. The van der Waals surface area contributed by atoms with Crippen molar-refractivity contribution in [3.05, 3.63) is 39.9 Å². The summed E-state index contributed by atoms with van der Waals surface area (Å²) in [4.78, 5) is 23.7. The Kier molecular flexibility index (Phi) is 4.97. The summed E-state index contributed by atoms with van der Waals surface area (Å²) in [5, 5.41) is 10.9. The first kappa shape index (κ1) is 16.2. The molecular formula is C14H18ClN5O2. The molecule has 2 heterocycles. The minimum atomic E-state index is -0.386. The van der Waals surface area contributed by atoms with E-state index in [2.05, 4.69) is 29.4 Å². The summed E-state index contributed by atoms with van der Waals surface area (Å²) in [6, 6.07) is 4.51. The maximum Gasteiger partial charge on any atom is 0.267 e.